The lowest BCUT2D eigenvalue weighted by atomic mass is 10.0. The Morgan fingerprint density at radius 3 is 2.93 bits per heavy atom. The summed E-state index contributed by atoms with van der Waals surface area (Å²) in [6, 6.07) is 5.18. The fourth-order valence-electron chi connectivity index (χ4n) is 1.74. The zero-order valence-corrected chi connectivity index (χ0v) is 8.49. The summed E-state index contributed by atoms with van der Waals surface area (Å²) >= 11 is 0. The number of nitrogens with two attached hydrogens (primary N) is 1. The van der Waals surface area contributed by atoms with Crippen molar-refractivity contribution in [3.63, 3.8) is 0 Å². The maximum Gasteiger partial charge on any atom is 0.254 e. The molecule has 0 spiro atoms. The van der Waals surface area contributed by atoms with Gasteiger partial charge < -0.3 is 10.6 Å². The molecule has 78 valence electrons. The second-order valence-corrected chi connectivity index (χ2v) is 3.66. The fraction of sp³-hybridized carbons (Fsp3) is 0.273. The van der Waals surface area contributed by atoms with Gasteiger partial charge in [0, 0.05) is 24.7 Å². The van der Waals surface area contributed by atoms with Crippen LogP contribution in [0.25, 0.3) is 0 Å². The van der Waals surface area contributed by atoms with E-state index in [2.05, 4.69) is 0 Å². The van der Waals surface area contributed by atoms with Gasteiger partial charge >= 0.3 is 0 Å². The number of benzene rings is 1. The van der Waals surface area contributed by atoms with E-state index in [0.717, 1.165) is 5.56 Å². The summed E-state index contributed by atoms with van der Waals surface area (Å²) in [5.74, 6) is -0.170. The molecule has 1 aromatic carbocycles. The minimum atomic E-state index is -0.139. The van der Waals surface area contributed by atoms with Crippen LogP contribution < -0.4 is 5.73 Å². The predicted molar refractivity (Wildman–Crippen MR) is 55.6 cm³/mol. The van der Waals surface area contributed by atoms with E-state index < -0.39 is 0 Å². The number of hydrogen-bond donors (Lipinski definition) is 1. The number of hydrogen-bond acceptors (Lipinski definition) is 3. The molecule has 0 radical (unpaired) electrons. The molecule has 0 atom stereocenters. The zero-order valence-electron chi connectivity index (χ0n) is 8.49. The van der Waals surface area contributed by atoms with Crippen LogP contribution in [0.5, 0.6) is 0 Å². The van der Waals surface area contributed by atoms with Gasteiger partial charge in [0.25, 0.3) is 5.91 Å². The van der Waals surface area contributed by atoms with E-state index in [1.54, 1.807) is 24.1 Å². The van der Waals surface area contributed by atoms with Crippen LogP contribution in [0.2, 0.25) is 0 Å². The number of Topliss-reactive ketones (excluding diaryl/α,β-unsaturated/α-hetero) is 1. The van der Waals surface area contributed by atoms with Crippen molar-refractivity contribution in [3.05, 3.63) is 34.9 Å². The summed E-state index contributed by atoms with van der Waals surface area (Å²) in [6.45, 7) is 0.591. The Hall–Kier alpha value is -1.68. The number of carbonyl (C=O) groups is 2. The maximum absolute atomic E-state index is 11.6. The Morgan fingerprint density at radius 1 is 1.53 bits per heavy atom. The number of rotatable bonds is 2. The molecule has 1 amide bonds. The van der Waals surface area contributed by atoms with Crippen LogP contribution in [0.1, 0.15) is 26.3 Å². The van der Waals surface area contributed by atoms with Crippen molar-refractivity contribution in [2.45, 2.75) is 6.54 Å². The highest BCUT2D eigenvalue weighted by Crippen LogP contribution is 2.22. The van der Waals surface area contributed by atoms with Crippen LogP contribution in [-0.4, -0.2) is 30.2 Å². The second-order valence-electron chi connectivity index (χ2n) is 3.66. The van der Waals surface area contributed by atoms with E-state index in [-0.39, 0.29) is 18.2 Å². The molecule has 1 heterocycles. The lowest BCUT2D eigenvalue weighted by Gasteiger charge is -2.04. The van der Waals surface area contributed by atoms with Crippen molar-refractivity contribution in [3.8, 4) is 0 Å². The number of ketones is 1. The summed E-state index contributed by atoms with van der Waals surface area (Å²) in [5, 5.41) is 0. The Bertz CT molecular complexity index is 440. The Kier molecular flexibility index (Phi) is 2.28. The SMILES string of the molecule is CN1Cc2ccc(C(=O)CN)cc2C1=O. The molecule has 0 bridgehead atoms. The van der Waals surface area contributed by atoms with Gasteiger partial charge in [0.15, 0.2) is 5.78 Å². The summed E-state index contributed by atoms with van der Waals surface area (Å²) in [7, 11) is 1.74. The van der Waals surface area contributed by atoms with Crippen molar-refractivity contribution in [1.29, 1.82) is 0 Å². The average Bonchev–Trinajstić information content (AvgIpc) is 2.54. The molecule has 0 unspecified atom stereocenters. The minimum absolute atomic E-state index is 0.0250. The van der Waals surface area contributed by atoms with E-state index in [1.807, 2.05) is 6.07 Å². The third-order valence-electron chi connectivity index (χ3n) is 2.60. The standard InChI is InChI=1S/C11H12N2O2/c1-13-6-8-3-2-7(10(14)5-12)4-9(8)11(13)15/h2-4H,5-6,12H2,1H3. The number of fused-ring (bicyclic) bond motifs is 1. The maximum atomic E-state index is 11.6. The highest BCUT2D eigenvalue weighted by Gasteiger charge is 2.24. The molecule has 15 heavy (non-hydrogen) atoms. The van der Waals surface area contributed by atoms with Gasteiger partial charge in [-0.2, -0.15) is 0 Å². The first-order valence-electron chi connectivity index (χ1n) is 4.75. The van der Waals surface area contributed by atoms with E-state index in [0.29, 0.717) is 17.7 Å². The van der Waals surface area contributed by atoms with Gasteiger partial charge in [-0.15, -0.1) is 0 Å². The largest absolute Gasteiger partial charge is 0.337 e. The van der Waals surface area contributed by atoms with Crippen molar-refractivity contribution >= 4 is 11.7 Å². The monoisotopic (exact) mass is 204 g/mol. The number of carbonyl (C=O) groups excluding carboxylic acids is 2. The highest BCUT2D eigenvalue weighted by molar-refractivity contribution is 6.03. The fourth-order valence-corrected chi connectivity index (χ4v) is 1.74. The van der Waals surface area contributed by atoms with E-state index in [4.69, 9.17) is 5.73 Å². The van der Waals surface area contributed by atoms with Crippen molar-refractivity contribution < 1.29 is 9.59 Å². The van der Waals surface area contributed by atoms with Gasteiger partial charge in [-0.05, 0) is 11.6 Å². The molecule has 4 nitrogen and oxygen atoms in total. The molecule has 1 aliphatic rings. The van der Waals surface area contributed by atoms with Gasteiger partial charge in [0.1, 0.15) is 0 Å². The van der Waals surface area contributed by atoms with E-state index >= 15 is 0 Å². The van der Waals surface area contributed by atoms with Gasteiger partial charge in [0.2, 0.25) is 0 Å². The molecular weight excluding hydrogens is 192 g/mol. The Labute approximate surface area is 87.7 Å². The summed E-state index contributed by atoms with van der Waals surface area (Å²) in [6.07, 6.45) is 0. The molecule has 0 saturated heterocycles. The zero-order chi connectivity index (χ0) is 11.0. The molecule has 4 heteroatoms. The molecule has 1 aliphatic heterocycles. The first-order valence-corrected chi connectivity index (χ1v) is 4.75. The van der Waals surface area contributed by atoms with Gasteiger partial charge in [-0.1, -0.05) is 12.1 Å². The van der Waals surface area contributed by atoms with Gasteiger partial charge in [0.05, 0.1) is 6.54 Å². The molecule has 0 saturated carbocycles. The van der Waals surface area contributed by atoms with Crippen LogP contribution in [0.4, 0.5) is 0 Å². The third-order valence-corrected chi connectivity index (χ3v) is 2.60. The summed E-state index contributed by atoms with van der Waals surface area (Å²) < 4.78 is 0. The Morgan fingerprint density at radius 2 is 2.27 bits per heavy atom. The Balaban J connectivity index is 2.44. The average molecular weight is 204 g/mol. The van der Waals surface area contributed by atoms with Gasteiger partial charge in [-0.25, -0.2) is 0 Å². The normalized spacial score (nSPS) is 14.3. The van der Waals surface area contributed by atoms with Crippen LogP contribution in [0.15, 0.2) is 18.2 Å². The topological polar surface area (TPSA) is 63.4 Å². The molecule has 2 rings (SSSR count). The van der Waals surface area contributed by atoms with Crippen LogP contribution >= 0.6 is 0 Å². The third kappa shape index (κ3) is 1.53. The summed E-state index contributed by atoms with van der Waals surface area (Å²) in [4.78, 5) is 24.6. The van der Waals surface area contributed by atoms with Crippen molar-refractivity contribution in [2.75, 3.05) is 13.6 Å². The van der Waals surface area contributed by atoms with Crippen molar-refractivity contribution in [2.24, 2.45) is 5.73 Å². The number of nitrogens with zero attached hydrogens (tertiary/aromatic N) is 1. The molecular formula is C11H12N2O2. The van der Waals surface area contributed by atoms with Crippen LogP contribution in [0, 0.1) is 0 Å². The van der Waals surface area contributed by atoms with Crippen LogP contribution in [-0.2, 0) is 6.54 Å². The molecule has 2 N–H and O–H groups in total. The smallest absolute Gasteiger partial charge is 0.254 e. The number of amides is 1. The van der Waals surface area contributed by atoms with Crippen molar-refractivity contribution in [1.82, 2.24) is 4.90 Å². The predicted octanol–water partition coefficient (Wildman–Crippen LogP) is 0.414. The minimum Gasteiger partial charge on any atom is -0.337 e. The van der Waals surface area contributed by atoms with E-state index in [9.17, 15) is 9.59 Å². The molecule has 1 aromatic rings. The van der Waals surface area contributed by atoms with Crippen LogP contribution in [0.3, 0.4) is 0 Å². The molecule has 0 aromatic heterocycles. The van der Waals surface area contributed by atoms with E-state index in [1.165, 1.54) is 0 Å². The molecule has 0 fully saturated rings. The quantitative estimate of drug-likeness (QED) is 0.710. The van der Waals surface area contributed by atoms with Gasteiger partial charge in [-0.3, -0.25) is 9.59 Å². The highest BCUT2D eigenvalue weighted by atomic mass is 16.2. The first-order chi connectivity index (χ1) is 7.13. The second kappa shape index (κ2) is 3.47. The first kappa shape index (κ1) is 9.86. The molecule has 0 aliphatic carbocycles. The lowest BCUT2D eigenvalue weighted by molar-refractivity contribution is 0.0816. The summed E-state index contributed by atoms with van der Waals surface area (Å²) in [5.41, 5.74) is 7.37. The lowest BCUT2D eigenvalue weighted by Crippen LogP contribution is -2.18.